The van der Waals surface area contributed by atoms with Crippen LogP contribution in [0, 0.1) is 13.8 Å². The first-order valence-corrected chi connectivity index (χ1v) is 9.34. The second kappa shape index (κ2) is 8.16. The zero-order valence-corrected chi connectivity index (χ0v) is 16.3. The van der Waals surface area contributed by atoms with Gasteiger partial charge in [-0.25, -0.2) is 9.97 Å². The highest BCUT2D eigenvalue weighted by Gasteiger charge is 2.08. The average molecular weight is 362 g/mol. The summed E-state index contributed by atoms with van der Waals surface area (Å²) in [6.45, 7) is 8.40. The van der Waals surface area contributed by atoms with E-state index in [2.05, 4.69) is 59.2 Å². The Morgan fingerprint density at radius 3 is 2.63 bits per heavy atom. The third-order valence-corrected chi connectivity index (χ3v) is 4.61. The van der Waals surface area contributed by atoms with Gasteiger partial charge in [0.1, 0.15) is 11.6 Å². The molecule has 27 heavy (non-hydrogen) atoms. The fourth-order valence-electron chi connectivity index (χ4n) is 3.15. The molecule has 0 amide bonds. The van der Waals surface area contributed by atoms with Crippen LogP contribution >= 0.6 is 0 Å². The molecule has 0 radical (unpaired) electrons. The van der Waals surface area contributed by atoms with Gasteiger partial charge in [0.15, 0.2) is 0 Å². The van der Waals surface area contributed by atoms with Gasteiger partial charge in [-0.05, 0) is 56.9 Å². The van der Waals surface area contributed by atoms with Gasteiger partial charge in [0.2, 0.25) is 0 Å². The van der Waals surface area contributed by atoms with Crippen LogP contribution in [0.1, 0.15) is 36.2 Å². The van der Waals surface area contributed by atoms with Crippen LogP contribution < -0.4 is 10.9 Å². The number of hydrogen-bond acceptors (Lipinski definition) is 4. The van der Waals surface area contributed by atoms with Crippen LogP contribution in [0.5, 0.6) is 0 Å². The highest BCUT2D eigenvalue weighted by molar-refractivity contribution is 5.56. The number of anilines is 1. The molecule has 0 saturated heterocycles. The van der Waals surface area contributed by atoms with Crippen molar-refractivity contribution in [1.29, 1.82) is 0 Å². The summed E-state index contributed by atoms with van der Waals surface area (Å²) in [6, 6.07) is 12.2. The van der Waals surface area contributed by atoms with Crippen LogP contribution in [-0.2, 0) is 12.8 Å². The first kappa shape index (κ1) is 18.8. The molecule has 1 aromatic carbocycles. The molecule has 140 valence electrons. The molecule has 0 aliphatic heterocycles. The molecular weight excluding hydrogens is 336 g/mol. The van der Waals surface area contributed by atoms with E-state index in [4.69, 9.17) is 0 Å². The van der Waals surface area contributed by atoms with Crippen LogP contribution in [-0.4, -0.2) is 21.0 Å². The van der Waals surface area contributed by atoms with Gasteiger partial charge < -0.3 is 10.3 Å². The second-order valence-corrected chi connectivity index (χ2v) is 7.05. The van der Waals surface area contributed by atoms with Gasteiger partial charge in [0, 0.05) is 29.6 Å². The third-order valence-electron chi connectivity index (χ3n) is 4.61. The van der Waals surface area contributed by atoms with E-state index >= 15 is 0 Å². The topological polar surface area (TPSA) is 70.7 Å². The Bertz CT molecular complexity index is 976. The zero-order valence-electron chi connectivity index (χ0n) is 16.3. The summed E-state index contributed by atoms with van der Waals surface area (Å²) >= 11 is 0. The van der Waals surface area contributed by atoms with Gasteiger partial charge in [0.25, 0.3) is 5.56 Å². The van der Waals surface area contributed by atoms with E-state index < -0.39 is 0 Å². The highest BCUT2D eigenvalue weighted by Crippen LogP contribution is 2.17. The molecule has 2 aromatic heterocycles. The van der Waals surface area contributed by atoms with E-state index in [0.717, 1.165) is 29.9 Å². The van der Waals surface area contributed by atoms with Gasteiger partial charge >= 0.3 is 0 Å². The van der Waals surface area contributed by atoms with Gasteiger partial charge in [-0.3, -0.25) is 4.79 Å². The van der Waals surface area contributed by atoms with Crippen LogP contribution in [0.4, 0.5) is 5.82 Å². The van der Waals surface area contributed by atoms with Gasteiger partial charge in [-0.2, -0.15) is 0 Å². The summed E-state index contributed by atoms with van der Waals surface area (Å²) in [5, 5.41) is 3.44. The Morgan fingerprint density at radius 1 is 1.15 bits per heavy atom. The maximum Gasteiger partial charge on any atom is 0.251 e. The Balaban J connectivity index is 1.70. The molecule has 0 bridgehead atoms. The Labute approximate surface area is 159 Å². The predicted molar refractivity (Wildman–Crippen MR) is 110 cm³/mol. The number of nitrogens with zero attached hydrogens (tertiary/aromatic N) is 2. The number of aromatic amines is 1. The maximum atomic E-state index is 11.7. The summed E-state index contributed by atoms with van der Waals surface area (Å²) in [5.41, 5.74) is 5.38. The van der Waals surface area contributed by atoms with Crippen molar-refractivity contribution in [2.75, 3.05) is 5.32 Å². The number of pyridine rings is 1. The first-order valence-electron chi connectivity index (χ1n) is 9.34. The minimum absolute atomic E-state index is 0.138. The normalized spacial score (nSPS) is 12.0. The monoisotopic (exact) mass is 362 g/mol. The van der Waals surface area contributed by atoms with E-state index in [-0.39, 0.29) is 11.6 Å². The van der Waals surface area contributed by atoms with Gasteiger partial charge in [0.05, 0.1) is 0 Å². The van der Waals surface area contributed by atoms with Crippen molar-refractivity contribution in [1.82, 2.24) is 15.0 Å². The van der Waals surface area contributed by atoms with Crippen molar-refractivity contribution in [2.45, 2.75) is 46.6 Å². The molecule has 3 aromatic rings. The fourth-order valence-corrected chi connectivity index (χ4v) is 3.15. The van der Waals surface area contributed by atoms with Gasteiger partial charge in [-0.15, -0.1) is 0 Å². The second-order valence-electron chi connectivity index (χ2n) is 7.05. The maximum absolute atomic E-state index is 11.7. The Morgan fingerprint density at radius 2 is 1.96 bits per heavy atom. The van der Waals surface area contributed by atoms with Crippen LogP contribution in [0.3, 0.4) is 0 Å². The molecular formula is C22H26N4O. The average Bonchev–Trinajstić information content (AvgIpc) is 2.64. The lowest BCUT2D eigenvalue weighted by atomic mass is 10.00. The molecule has 1 atom stereocenters. The SMILES string of the molecule is CCc1cc(=O)[nH]c(-c2ccc(NC(C)Cc3ccc(C)cc3C)nc2)n1. The Kier molecular flexibility index (Phi) is 5.69. The van der Waals surface area contributed by atoms with Crippen molar-refractivity contribution in [3.05, 3.63) is 75.3 Å². The quantitative estimate of drug-likeness (QED) is 0.694. The molecule has 0 aliphatic rings. The van der Waals surface area contributed by atoms with Crippen molar-refractivity contribution in [2.24, 2.45) is 0 Å². The minimum Gasteiger partial charge on any atom is -0.367 e. The number of rotatable bonds is 6. The van der Waals surface area contributed by atoms with Crippen molar-refractivity contribution in [3.63, 3.8) is 0 Å². The Hall–Kier alpha value is -2.95. The van der Waals surface area contributed by atoms with E-state index in [9.17, 15) is 4.79 Å². The molecule has 5 heteroatoms. The molecule has 1 unspecified atom stereocenters. The molecule has 5 nitrogen and oxygen atoms in total. The summed E-state index contributed by atoms with van der Waals surface area (Å²) < 4.78 is 0. The van der Waals surface area contributed by atoms with E-state index in [0.29, 0.717) is 5.82 Å². The molecule has 2 N–H and O–H groups in total. The third kappa shape index (κ3) is 4.82. The molecule has 0 aliphatic carbocycles. The lowest BCUT2D eigenvalue weighted by Gasteiger charge is -2.16. The minimum atomic E-state index is -0.138. The number of benzene rings is 1. The number of nitrogens with one attached hydrogen (secondary N) is 2. The number of aryl methyl sites for hydroxylation is 3. The molecule has 2 heterocycles. The lowest BCUT2D eigenvalue weighted by Crippen LogP contribution is -2.19. The first-order chi connectivity index (χ1) is 12.9. The molecule has 0 spiro atoms. The summed E-state index contributed by atoms with van der Waals surface area (Å²) in [7, 11) is 0. The largest absolute Gasteiger partial charge is 0.367 e. The summed E-state index contributed by atoms with van der Waals surface area (Å²) in [6.07, 6.45) is 3.40. The standard InChI is InChI=1S/C22H26N4O/c1-5-19-12-21(27)26-22(25-19)18-8-9-20(23-13-18)24-16(4)11-17-7-6-14(2)10-15(17)3/h6-10,12-13,16H,5,11H2,1-4H3,(H,23,24)(H,25,26,27). The van der Waals surface area contributed by atoms with Crippen LogP contribution in [0.2, 0.25) is 0 Å². The van der Waals surface area contributed by atoms with Crippen LogP contribution in [0.15, 0.2) is 47.4 Å². The number of H-pyrrole nitrogens is 1. The smallest absolute Gasteiger partial charge is 0.251 e. The van der Waals surface area contributed by atoms with E-state index in [1.54, 1.807) is 6.20 Å². The summed E-state index contributed by atoms with van der Waals surface area (Å²) in [5.74, 6) is 1.37. The molecule has 0 fully saturated rings. The number of hydrogen-bond donors (Lipinski definition) is 2. The number of aromatic nitrogens is 3. The van der Waals surface area contributed by atoms with Crippen molar-refractivity contribution < 1.29 is 0 Å². The van der Waals surface area contributed by atoms with Gasteiger partial charge in [-0.1, -0.05) is 30.7 Å². The molecule has 3 rings (SSSR count). The van der Waals surface area contributed by atoms with E-state index in [1.165, 1.54) is 22.8 Å². The van der Waals surface area contributed by atoms with Crippen LogP contribution in [0.25, 0.3) is 11.4 Å². The lowest BCUT2D eigenvalue weighted by molar-refractivity contribution is 0.780. The van der Waals surface area contributed by atoms with Crippen molar-refractivity contribution >= 4 is 5.82 Å². The molecule has 0 saturated carbocycles. The highest BCUT2D eigenvalue weighted by atomic mass is 16.1. The van der Waals surface area contributed by atoms with E-state index in [1.807, 2.05) is 19.1 Å². The fraction of sp³-hybridized carbons (Fsp3) is 0.318. The van der Waals surface area contributed by atoms with Crippen molar-refractivity contribution in [3.8, 4) is 11.4 Å². The summed E-state index contributed by atoms with van der Waals surface area (Å²) in [4.78, 5) is 23.5. The zero-order chi connectivity index (χ0) is 19.4. The predicted octanol–water partition coefficient (Wildman–Crippen LogP) is 4.05.